The zero-order valence-corrected chi connectivity index (χ0v) is 15.0. The molecule has 2 aromatic carbocycles. The van der Waals surface area contributed by atoms with Gasteiger partial charge in [-0.2, -0.15) is 0 Å². The minimum absolute atomic E-state index is 0.192. The number of hydrogen-bond acceptors (Lipinski definition) is 3. The lowest BCUT2D eigenvalue weighted by molar-refractivity contribution is 0.322. The number of benzene rings is 2. The Morgan fingerprint density at radius 2 is 1.78 bits per heavy atom. The fourth-order valence-electron chi connectivity index (χ4n) is 2.23. The number of rotatable bonds is 6. The topological polar surface area (TPSA) is 55.4 Å². The Bertz CT molecular complexity index is 803. The normalized spacial score (nSPS) is 11.5. The summed E-state index contributed by atoms with van der Waals surface area (Å²) in [7, 11) is -3.53. The lowest BCUT2D eigenvalue weighted by atomic mass is 10.2. The van der Waals surface area contributed by atoms with Crippen LogP contribution in [0, 0.1) is 20.8 Å². The molecule has 0 aliphatic heterocycles. The molecule has 4 nitrogen and oxygen atoms in total. The summed E-state index contributed by atoms with van der Waals surface area (Å²) in [6.45, 7) is 6.04. The van der Waals surface area contributed by atoms with Crippen LogP contribution in [0.3, 0.4) is 0 Å². The van der Waals surface area contributed by atoms with Crippen molar-refractivity contribution < 1.29 is 13.2 Å². The Hall–Kier alpha value is -1.56. The Labute approximate surface area is 142 Å². The van der Waals surface area contributed by atoms with Crippen molar-refractivity contribution in [3.05, 3.63) is 58.1 Å². The second-order valence-corrected chi connectivity index (χ2v) is 7.57. The molecule has 1 N–H and O–H groups in total. The first-order valence-corrected chi connectivity index (χ1v) is 9.11. The van der Waals surface area contributed by atoms with Gasteiger partial charge in [0.1, 0.15) is 12.4 Å². The van der Waals surface area contributed by atoms with Crippen molar-refractivity contribution in [3.63, 3.8) is 0 Å². The molecule has 0 fully saturated rings. The first kappa shape index (κ1) is 17.8. The van der Waals surface area contributed by atoms with Crippen LogP contribution in [0.15, 0.2) is 41.3 Å². The number of ether oxygens (including phenoxy) is 1. The Morgan fingerprint density at radius 3 is 2.43 bits per heavy atom. The van der Waals surface area contributed by atoms with Gasteiger partial charge in [-0.15, -0.1) is 0 Å². The molecule has 0 aliphatic rings. The Morgan fingerprint density at radius 1 is 1.04 bits per heavy atom. The lowest BCUT2D eigenvalue weighted by Crippen LogP contribution is -2.28. The summed E-state index contributed by atoms with van der Waals surface area (Å²) in [6.07, 6.45) is 0. The van der Waals surface area contributed by atoms with E-state index in [1.54, 1.807) is 31.2 Å². The van der Waals surface area contributed by atoms with Crippen molar-refractivity contribution in [3.8, 4) is 5.75 Å². The molecule has 0 spiro atoms. The molecule has 0 heterocycles. The molecule has 0 unspecified atom stereocenters. The van der Waals surface area contributed by atoms with E-state index in [1.165, 1.54) is 0 Å². The van der Waals surface area contributed by atoms with Crippen LogP contribution < -0.4 is 9.46 Å². The summed E-state index contributed by atoms with van der Waals surface area (Å²) >= 11 is 5.95. The van der Waals surface area contributed by atoms with Crippen LogP contribution in [0.2, 0.25) is 5.02 Å². The van der Waals surface area contributed by atoms with Gasteiger partial charge in [-0.05, 0) is 56.2 Å². The van der Waals surface area contributed by atoms with Gasteiger partial charge in [0.05, 0.1) is 4.90 Å². The highest BCUT2D eigenvalue weighted by atomic mass is 35.5. The Kier molecular flexibility index (Phi) is 5.68. The first-order valence-electron chi connectivity index (χ1n) is 7.25. The first-order chi connectivity index (χ1) is 10.8. The molecule has 0 amide bonds. The maximum Gasteiger partial charge on any atom is 0.240 e. The van der Waals surface area contributed by atoms with Gasteiger partial charge in [-0.1, -0.05) is 29.3 Å². The van der Waals surface area contributed by atoms with E-state index in [9.17, 15) is 8.42 Å². The molecule has 0 radical (unpaired) electrons. The molecule has 0 atom stereocenters. The summed E-state index contributed by atoms with van der Waals surface area (Å²) in [4.78, 5) is 0.297. The third-order valence-electron chi connectivity index (χ3n) is 3.41. The molecule has 2 rings (SSSR count). The maximum absolute atomic E-state index is 12.3. The molecule has 0 bridgehead atoms. The zero-order chi connectivity index (χ0) is 17.0. The number of halogens is 1. The number of aryl methyl sites for hydroxylation is 3. The van der Waals surface area contributed by atoms with Crippen molar-refractivity contribution in [2.75, 3.05) is 13.2 Å². The van der Waals surface area contributed by atoms with Gasteiger partial charge >= 0.3 is 0 Å². The predicted octanol–water partition coefficient (Wildman–Crippen LogP) is 3.62. The molecule has 0 aromatic heterocycles. The highest BCUT2D eigenvalue weighted by Crippen LogP contribution is 2.21. The second-order valence-electron chi connectivity index (χ2n) is 5.43. The van der Waals surface area contributed by atoms with Crippen LogP contribution in [-0.4, -0.2) is 21.6 Å². The highest BCUT2D eigenvalue weighted by Gasteiger charge is 2.16. The molecular weight excluding hydrogens is 334 g/mol. The monoisotopic (exact) mass is 353 g/mol. The fourth-order valence-corrected chi connectivity index (χ4v) is 3.59. The van der Waals surface area contributed by atoms with Gasteiger partial charge in [0.25, 0.3) is 0 Å². The molecule has 124 valence electrons. The molecule has 0 saturated heterocycles. The van der Waals surface area contributed by atoms with Gasteiger partial charge < -0.3 is 4.74 Å². The van der Waals surface area contributed by atoms with E-state index >= 15 is 0 Å². The zero-order valence-electron chi connectivity index (χ0n) is 13.4. The average Bonchev–Trinajstić information content (AvgIpc) is 2.47. The summed E-state index contributed by atoms with van der Waals surface area (Å²) in [6, 6.07) is 10.6. The molecule has 23 heavy (non-hydrogen) atoms. The van der Waals surface area contributed by atoms with Gasteiger partial charge in [0.2, 0.25) is 10.0 Å². The number of nitrogens with one attached hydrogen (secondary N) is 1. The van der Waals surface area contributed by atoms with Crippen molar-refractivity contribution in [1.29, 1.82) is 0 Å². The summed E-state index contributed by atoms with van der Waals surface area (Å²) in [5.74, 6) is 0.664. The van der Waals surface area contributed by atoms with Gasteiger partial charge in [-0.25, -0.2) is 13.1 Å². The minimum atomic E-state index is -3.53. The van der Waals surface area contributed by atoms with Gasteiger partial charge in [0, 0.05) is 11.6 Å². The van der Waals surface area contributed by atoms with Gasteiger partial charge in [0.15, 0.2) is 0 Å². The molecule has 0 aliphatic carbocycles. The minimum Gasteiger partial charge on any atom is -0.492 e. The molecule has 0 saturated carbocycles. The fraction of sp³-hybridized carbons (Fsp3) is 0.294. The number of hydrogen-bond donors (Lipinski definition) is 1. The summed E-state index contributed by atoms with van der Waals surface area (Å²) < 4.78 is 32.7. The van der Waals surface area contributed by atoms with E-state index in [4.69, 9.17) is 16.3 Å². The van der Waals surface area contributed by atoms with Crippen molar-refractivity contribution in [1.82, 2.24) is 4.72 Å². The van der Waals surface area contributed by atoms with E-state index < -0.39 is 10.0 Å². The predicted molar refractivity (Wildman–Crippen MR) is 92.8 cm³/mol. The van der Waals surface area contributed by atoms with Crippen LogP contribution in [0.5, 0.6) is 5.75 Å². The van der Waals surface area contributed by atoms with Crippen LogP contribution in [-0.2, 0) is 10.0 Å². The second kappa shape index (κ2) is 7.34. The maximum atomic E-state index is 12.3. The van der Waals surface area contributed by atoms with E-state index in [0.29, 0.717) is 15.7 Å². The van der Waals surface area contributed by atoms with E-state index in [0.717, 1.165) is 16.7 Å². The lowest BCUT2D eigenvalue weighted by Gasteiger charge is -2.11. The van der Waals surface area contributed by atoms with Crippen LogP contribution in [0.1, 0.15) is 16.7 Å². The average molecular weight is 354 g/mol. The molecule has 6 heteroatoms. The van der Waals surface area contributed by atoms with E-state index in [1.807, 2.05) is 26.0 Å². The van der Waals surface area contributed by atoms with E-state index in [2.05, 4.69) is 4.72 Å². The van der Waals surface area contributed by atoms with Crippen LogP contribution >= 0.6 is 11.6 Å². The van der Waals surface area contributed by atoms with Crippen molar-refractivity contribution in [2.45, 2.75) is 25.7 Å². The summed E-state index contributed by atoms with van der Waals surface area (Å²) in [5.41, 5.74) is 2.68. The third kappa shape index (κ3) is 4.70. The molecule has 2 aromatic rings. The molecular formula is C17H20ClNO3S. The smallest absolute Gasteiger partial charge is 0.240 e. The standard InChI is InChI=1S/C17H20ClNO3S/c1-12-4-7-17(14(3)10-12)23(20,21)19-8-9-22-15-5-6-16(18)13(2)11-15/h4-7,10-11,19H,8-9H2,1-3H3. The Balaban J connectivity index is 1.93. The number of sulfonamides is 1. The van der Waals surface area contributed by atoms with Gasteiger partial charge in [-0.3, -0.25) is 0 Å². The van der Waals surface area contributed by atoms with E-state index in [-0.39, 0.29) is 13.2 Å². The SMILES string of the molecule is Cc1ccc(S(=O)(=O)NCCOc2ccc(Cl)c(C)c2)c(C)c1. The van der Waals surface area contributed by atoms with Crippen molar-refractivity contribution in [2.24, 2.45) is 0 Å². The summed E-state index contributed by atoms with van der Waals surface area (Å²) in [5, 5.41) is 0.674. The van der Waals surface area contributed by atoms with Crippen LogP contribution in [0.25, 0.3) is 0 Å². The van der Waals surface area contributed by atoms with Crippen molar-refractivity contribution >= 4 is 21.6 Å². The third-order valence-corrected chi connectivity index (χ3v) is 5.46. The quantitative estimate of drug-likeness (QED) is 0.807. The highest BCUT2D eigenvalue weighted by molar-refractivity contribution is 7.89. The largest absolute Gasteiger partial charge is 0.492 e. The van der Waals surface area contributed by atoms with Crippen LogP contribution in [0.4, 0.5) is 0 Å².